The second-order valence-electron chi connectivity index (χ2n) is 7.57. The fourth-order valence-corrected chi connectivity index (χ4v) is 4.43. The predicted molar refractivity (Wildman–Crippen MR) is 91.2 cm³/mol. The van der Waals surface area contributed by atoms with E-state index >= 15 is 0 Å². The number of hydrogen-bond donors (Lipinski definition) is 2. The van der Waals surface area contributed by atoms with Gasteiger partial charge in [0.2, 0.25) is 5.91 Å². The van der Waals surface area contributed by atoms with Crippen LogP contribution in [0.1, 0.15) is 31.2 Å². The maximum absolute atomic E-state index is 12.0. The SMILES string of the molecule is O=C1NC[C@@]2(C(=O)O)CN(Cc3ccc(OC4CCCC4)cc3)C[C@@H]12. The summed E-state index contributed by atoms with van der Waals surface area (Å²) in [6.07, 6.45) is 5.11. The van der Waals surface area contributed by atoms with E-state index in [9.17, 15) is 14.7 Å². The summed E-state index contributed by atoms with van der Waals surface area (Å²) >= 11 is 0. The Morgan fingerprint density at radius 2 is 2.00 bits per heavy atom. The number of carboxylic acids is 1. The van der Waals surface area contributed by atoms with Crippen LogP contribution in [0.5, 0.6) is 5.75 Å². The molecule has 6 nitrogen and oxygen atoms in total. The van der Waals surface area contributed by atoms with Crippen LogP contribution < -0.4 is 10.1 Å². The van der Waals surface area contributed by atoms with Crippen molar-refractivity contribution in [3.05, 3.63) is 29.8 Å². The fourth-order valence-electron chi connectivity index (χ4n) is 4.43. The quantitative estimate of drug-likeness (QED) is 0.849. The molecule has 2 aliphatic heterocycles. The molecule has 2 saturated heterocycles. The Balaban J connectivity index is 1.39. The van der Waals surface area contributed by atoms with Crippen LogP contribution in [0.3, 0.4) is 0 Å². The smallest absolute Gasteiger partial charge is 0.313 e. The second kappa shape index (κ2) is 6.33. The van der Waals surface area contributed by atoms with Crippen LogP contribution in [0.25, 0.3) is 0 Å². The Morgan fingerprint density at radius 3 is 2.64 bits per heavy atom. The molecule has 0 unspecified atom stereocenters. The van der Waals surface area contributed by atoms with Gasteiger partial charge in [-0.05, 0) is 43.4 Å². The van der Waals surface area contributed by atoms with Crippen LogP contribution in [0.4, 0.5) is 0 Å². The highest BCUT2D eigenvalue weighted by molar-refractivity contribution is 5.92. The molecule has 0 spiro atoms. The number of likely N-dealkylation sites (tertiary alicyclic amines) is 1. The zero-order valence-corrected chi connectivity index (χ0v) is 14.2. The first-order valence-electron chi connectivity index (χ1n) is 9.06. The molecular formula is C19H24N2O4. The summed E-state index contributed by atoms with van der Waals surface area (Å²) in [4.78, 5) is 25.8. The minimum atomic E-state index is -0.970. The molecule has 3 aliphatic rings. The summed E-state index contributed by atoms with van der Waals surface area (Å²) in [6, 6.07) is 8.05. The van der Waals surface area contributed by atoms with Crippen molar-refractivity contribution in [3.8, 4) is 5.75 Å². The van der Waals surface area contributed by atoms with Gasteiger partial charge in [0.1, 0.15) is 11.2 Å². The molecule has 1 aromatic rings. The average Bonchev–Trinajstić information content (AvgIpc) is 3.28. The van der Waals surface area contributed by atoms with Crippen LogP contribution >= 0.6 is 0 Å². The molecule has 1 aromatic carbocycles. The third-order valence-corrected chi connectivity index (χ3v) is 5.87. The third kappa shape index (κ3) is 2.99. The average molecular weight is 344 g/mol. The van der Waals surface area contributed by atoms with E-state index in [0.29, 0.717) is 25.7 Å². The van der Waals surface area contributed by atoms with Crippen molar-refractivity contribution in [2.75, 3.05) is 19.6 Å². The molecule has 1 saturated carbocycles. The molecule has 134 valence electrons. The molecule has 4 rings (SSSR count). The molecule has 1 amide bonds. The number of fused-ring (bicyclic) bond motifs is 1. The maximum atomic E-state index is 12.0. The van der Waals surface area contributed by atoms with Crippen molar-refractivity contribution >= 4 is 11.9 Å². The topological polar surface area (TPSA) is 78.9 Å². The predicted octanol–water partition coefficient (Wildman–Crippen LogP) is 1.64. The molecule has 25 heavy (non-hydrogen) atoms. The molecule has 0 radical (unpaired) electrons. The highest BCUT2D eigenvalue weighted by Gasteiger charge is 2.59. The summed E-state index contributed by atoms with van der Waals surface area (Å²) in [5.74, 6) is -0.561. The van der Waals surface area contributed by atoms with Crippen molar-refractivity contribution in [1.29, 1.82) is 0 Å². The molecule has 2 heterocycles. The highest BCUT2D eigenvalue weighted by Crippen LogP contribution is 2.40. The number of amides is 1. The standard InChI is InChI=1S/C19H24N2O4/c22-17-16-10-21(12-19(16,11-20-17)18(23)24)9-13-5-7-15(8-6-13)25-14-3-1-2-4-14/h5-8,14,16H,1-4,9-12H2,(H,20,22)(H,23,24)/t16-,19+/m0/s1. The van der Waals surface area contributed by atoms with E-state index in [1.807, 2.05) is 24.3 Å². The van der Waals surface area contributed by atoms with Crippen molar-refractivity contribution in [1.82, 2.24) is 10.2 Å². The number of hydrogen-bond acceptors (Lipinski definition) is 4. The van der Waals surface area contributed by atoms with Gasteiger partial charge in [0.15, 0.2) is 0 Å². The van der Waals surface area contributed by atoms with E-state index in [4.69, 9.17) is 4.74 Å². The summed E-state index contributed by atoms with van der Waals surface area (Å²) in [7, 11) is 0. The fraction of sp³-hybridized carbons (Fsp3) is 0.579. The van der Waals surface area contributed by atoms with Gasteiger partial charge in [-0.3, -0.25) is 14.5 Å². The van der Waals surface area contributed by atoms with Crippen molar-refractivity contribution in [3.63, 3.8) is 0 Å². The minimum absolute atomic E-state index is 0.134. The molecule has 6 heteroatoms. The monoisotopic (exact) mass is 344 g/mol. The first-order chi connectivity index (χ1) is 12.1. The summed E-state index contributed by atoms with van der Waals surface area (Å²) < 4.78 is 5.98. The van der Waals surface area contributed by atoms with E-state index < -0.39 is 17.3 Å². The molecule has 2 atom stereocenters. The van der Waals surface area contributed by atoms with Gasteiger partial charge in [-0.15, -0.1) is 0 Å². The first kappa shape index (κ1) is 16.4. The van der Waals surface area contributed by atoms with Gasteiger partial charge >= 0.3 is 5.97 Å². The number of aliphatic carboxylic acids is 1. The second-order valence-corrected chi connectivity index (χ2v) is 7.57. The van der Waals surface area contributed by atoms with Gasteiger partial charge < -0.3 is 15.2 Å². The van der Waals surface area contributed by atoms with Gasteiger partial charge in [-0.1, -0.05) is 12.1 Å². The van der Waals surface area contributed by atoms with Crippen LogP contribution in [0.15, 0.2) is 24.3 Å². The highest BCUT2D eigenvalue weighted by atomic mass is 16.5. The van der Waals surface area contributed by atoms with Gasteiger partial charge in [-0.25, -0.2) is 0 Å². The molecule has 0 bridgehead atoms. The number of nitrogens with one attached hydrogen (secondary N) is 1. The molecule has 1 aliphatic carbocycles. The largest absolute Gasteiger partial charge is 0.490 e. The Hall–Kier alpha value is -2.08. The van der Waals surface area contributed by atoms with E-state index in [0.717, 1.165) is 24.2 Å². The van der Waals surface area contributed by atoms with Gasteiger partial charge in [0.25, 0.3) is 0 Å². The number of carboxylic acid groups (broad SMARTS) is 1. The first-order valence-corrected chi connectivity index (χ1v) is 9.06. The zero-order chi connectivity index (χ0) is 17.4. The normalized spacial score (nSPS) is 29.6. The lowest BCUT2D eigenvalue weighted by Gasteiger charge is -2.22. The van der Waals surface area contributed by atoms with Crippen LogP contribution in [-0.2, 0) is 16.1 Å². The van der Waals surface area contributed by atoms with Crippen molar-refractivity contribution < 1.29 is 19.4 Å². The van der Waals surface area contributed by atoms with Gasteiger partial charge in [0, 0.05) is 26.2 Å². The summed E-state index contributed by atoms with van der Waals surface area (Å²) in [5, 5.41) is 12.3. The van der Waals surface area contributed by atoms with Crippen molar-refractivity contribution in [2.45, 2.75) is 38.3 Å². The van der Waals surface area contributed by atoms with E-state index in [-0.39, 0.29) is 12.5 Å². The van der Waals surface area contributed by atoms with E-state index in [1.165, 1.54) is 12.8 Å². The van der Waals surface area contributed by atoms with Crippen LogP contribution in [-0.4, -0.2) is 47.6 Å². The Morgan fingerprint density at radius 1 is 1.28 bits per heavy atom. The Kier molecular flexibility index (Phi) is 4.15. The lowest BCUT2D eigenvalue weighted by atomic mass is 9.81. The summed E-state index contributed by atoms with van der Waals surface area (Å²) in [6.45, 7) is 1.80. The zero-order valence-electron chi connectivity index (χ0n) is 14.2. The Labute approximate surface area is 147 Å². The lowest BCUT2D eigenvalue weighted by molar-refractivity contribution is -0.149. The third-order valence-electron chi connectivity index (χ3n) is 5.87. The molecule has 3 fully saturated rings. The van der Waals surface area contributed by atoms with Crippen LogP contribution in [0.2, 0.25) is 0 Å². The maximum Gasteiger partial charge on any atom is 0.313 e. The van der Waals surface area contributed by atoms with Gasteiger partial charge in [0.05, 0.1) is 12.0 Å². The summed E-state index contributed by atoms with van der Waals surface area (Å²) in [5.41, 5.74) is 0.141. The molecule has 2 N–H and O–H groups in total. The van der Waals surface area contributed by atoms with Gasteiger partial charge in [-0.2, -0.15) is 0 Å². The number of rotatable bonds is 5. The van der Waals surface area contributed by atoms with Crippen LogP contribution in [0, 0.1) is 11.3 Å². The Bertz CT molecular complexity index is 669. The number of benzene rings is 1. The number of carbonyl (C=O) groups is 2. The number of nitrogens with zero attached hydrogens (tertiary/aromatic N) is 1. The van der Waals surface area contributed by atoms with E-state index in [2.05, 4.69) is 10.2 Å². The molecular weight excluding hydrogens is 320 g/mol. The number of ether oxygens (including phenoxy) is 1. The number of carbonyl (C=O) groups excluding carboxylic acids is 1. The van der Waals surface area contributed by atoms with Crippen molar-refractivity contribution in [2.24, 2.45) is 11.3 Å². The minimum Gasteiger partial charge on any atom is -0.490 e. The lowest BCUT2D eigenvalue weighted by Crippen LogP contribution is -2.40. The van der Waals surface area contributed by atoms with E-state index in [1.54, 1.807) is 0 Å². The molecule has 0 aromatic heterocycles.